The maximum Gasteiger partial charge on any atom is 0.407 e. The summed E-state index contributed by atoms with van der Waals surface area (Å²) in [5.41, 5.74) is 4.58. The van der Waals surface area contributed by atoms with Crippen molar-refractivity contribution in [3.8, 4) is 11.1 Å². The van der Waals surface area contributed by atoms with Crippen LogP contribution in [0.4, 0.5) is 4.79 Å². The van der Waals surface area contributed by atoms with Crippen molar-refractivity contribution < 1.29 is 24.2 Å². The second kappa shape index (κ2) is 10.5. The maximum atomic E-state index is 13.1. The quantitative estimate of drug-likeness (QED) is 0.604. The molecule has 2 aromatic carbocycles. The minimum Gasteiger partial charge on any atom is -0.480 e. The molecular weight excluding hydrogens is 444 g/mol. The second-order valence-corrected chi connectivity index (χ2v) is 9.73. The highest BCUT2D eigenvalue weighted by molar-refractivity contribution is 5.86. The van der Waals surface area contributed by atoms with Crippen molar-refractivity contribution in [2.75, 3.05) is 13.2 Å². The van der Waals surface area contributed by atoms with E-state index >= 15 is 0 Å². The van der Waals surface area contributed by atoms with Crippen molar-refractivity contribution in [1.82, 2.24) is 10.2 Å². The Bertz CT molecular complexity index is 1050. The average molecular weight is 479 g/mol. The number of carbonyl (C=O) groups excluding carboxylic acids is 2. The van der Waals surface area contributed by atoms with Crippen LogP contribution in [0, 0.1) is 11.8 Å². The van der Waals surface area contributed by atoms with E-state index < -0.39 is 30.1 Å². The van der Waals surface area contributed by atoms with E-state index in [-0.39, 0.29) is 18.4 Å². The molecule has 2 aromatic rings. The lowest BCUT2D eigenvalue weighted by atomic mass is 9.87. The highest BCUT2D eigenvalue weighted by Gasteiger charge is 2.38. The number of hydrogen-bond acceptors (Lipinski definition) is 4. The molecule has 1 heterocycles. The van der Waals surface area contributed by atoms with Crippen LogP contribution in [0.1, 0.15) is 57.1 Å². The van der Waals surface area contributed by atoms with Crippen molar-refractivity contribution in [3.05, 3.63) is 59.7 Å². The minimum absolute atomic E-state index is 0.0429. The Labute approximate surface area is 206 Å². The largest absolute Gasteiger partial charge is 0.480 e. The number of fused-ring (bicyclic) bond motifs is 3. The molecule has 0 saturated carbocycles. The van der Waals surface area contributed by atoms with Crippen LogP contribution in [0.5, 0.6) is 0 Å². The molecule has 186 valence electrons. The second-order valence-electron chi connectivity index (χ2n) is 9.73. The number of nitrogens with zero attached hydrogens (tertiary/aromatic N) is 1. The van der Waals surface area contributed by atoms with Crippen LogP contribution >= 0.6 is 0 Å². The molecule has 7 heteroatoms. The van der Waals surface area contributed by atoms with Crippen molar-refractivity contribution >= 4 is 18.0 Å². The van der Waals surface area contributed by atoms with E-state index in [4.69, 9.17) is 4.74 Å². The van der Waals surface area contributed by atoms with E-state index in [0.29, 0.717) is 18.9 Å². The minimum atomic E-state index is -0.971. The molecule has 4 unspecified atom stereocenters. The van der Waals surface area contributed by atoms with Crippen LogP contribution in [-0.4, -0.2) is 53.2 Å². The number of benzene rings is 2. The first-order valence-electron chi connectivity index (χ1n) is 12.5. The summed E-state index contributed by atoms with van der Waals surface area (Å²) in [7, 11) is 0. The summed E-state index contributed by atoms with van der Waals surface area (Å²) in [6.07, 6.45) is 1.59. The third-order valence-electron chi connectivity index (χ3n) is 7.69. The van der Waals surface area contributed by atoms with E-state index in [9.17, 15) is 19.5 Å². The Morgan fingerprint density at radius 3 is 2.23 bits per heavy atom. The molecule has 4 atom stereocenters. The third-order valence-corrected chi connectivity index (χ3v) is 7.69. The molecule has 1 fully saturated rings. The Kier molecular flexibility index (Phi) is 7.43. The van der Waals surface area contributed by atoms with Gasteiger partial charge in [-0.05, 0) is 47.9 Å². The van der Waals surface area contributed by atoms with E-state index in [2.05, 4.69) is 29.6 Å². The van der Waals surface area contributed by atoms with Gasteiger partial charge in [-0.2, -0.15) is 0 Å². The molecule has 0 spiro atoms. The molecule has 0 radical (unpaired) electrons. The molecule has 1 aliphatic carbocycles. The number of alkyl carbamates (subject to hydrolysis) is 1. The van der Waals surface area contributed by atoms with Crippen LogP contribution < -0.4 is 5.32 Å². The standard InChI is InChI=1S/C28H34N2O5/c1-4-19-13-14-30(25(15-19)27(32)33)26(31)17(2)18(3)29-28(34)35-16-24-22-11-7-5-9-20(22)21-10-6-8-12-23(21)24/h5-12,17-19,24-25H,4,13-16H2,1-3H3,(H,29,34)(H,32,33). The number of aliphatic carboxylic acids is 1. The topological polar surface area (TPSA) is 95.9 Å². The van der Waals surface area contributed by atoms with Gasteiger partial charge in [0.25, 0.3) is 0 Å². The number of rotatable bonds is 7. The van der Waals surface area contributed by atoms with E-state index in [1.54, 1.807) is 13.8 Å². The predicted molar refractivity (Wildman–Crippen MR) is 133 cm³/mol. The molecule has 2 amide bonds. The highest BCUT2D eigenvalue weighted by Crippen LogP contribution is 2.44. The number of piperidine rings is 1. The molecule has 35 heavy (non-hydrogen) atoms. The fraction of sp³-hybridized carbons (Fsp3) is 0.464. The van der Waals surface area contributed by atoms with Crippen LogP contribution in [0.3, 0.4) is 0 Å². The number of amides is 2. The summed E-state index contributed by atoms with van der Waals surface area (Å²) in [6, 6.07) is 14.9. The van der Waals surface area contributed by atoms with Crippen molar-refractivity contribution in [2.45, 2.75) is 58.0 Å². The monoisotopic (exact) mass is 478 g/mol. The van der Waals surface area contributed by atoms with Gasteiger partial charge in [0, 0.05) is 18.5 Å². The average Bonchev–Trinajstić information content (AvgIpc) is 3.19. The van der Waals surface area contributed by atoms with Crippen molar-refractivity contribution in [2.24, 2.45) is 11.8 Å². The molecule has 2 N–H and O–H groups in total. The number of carbonyl (C=O) groups is 3. The van der Waals surface area contributed by atoms with E-state index in [1.807, 2.05) is 31.2 Å². The Morgan fingerprint density at radius 2 is 1.66 bits per heavy atom. The summed E-state index contributed by atoms with van der Waals surface area (Å²) in [5.74, 6) is -1.53. The number of carboxylic acids is 1. The zero-order valence-electron chi connectivity index (χ0n) is 20.6. The van der Waals surface area contributed by atoms with E-state index in [0.717, 1.165) is 35.1 Å². The fourth-order valence-corrected chi connectivity index (χ4v) is 5.33. The first-order valence-corrected chi connectivity index (χ1v) is 12.5. The van der Waals surface area contributed by atoms with Crippen molar-refractivity contribution in [1.29, 1.82) is 0 Å². The fourth-order valence-electron chi connectivity index (χ4n) is 5.33. The normalized spacial score (nSPS) is 20.9. The smallest absolute Gasteiger partial charge is 0.407 e. The zero-order chi connectivity index (χ0) is 25.1. The molecule has 1 saturated heterocycles. The molecule has 7 nitrogen and oxygen atoms in total. The summed E-state index contributed by atoms with van der Waals surface area (Å²) in [6.45, 7) is 6.14. The Balaban J connectivity index is 1.36. The van der Waals surface area contributed by atoms with Crippen LogP contribution in [0.2, 0.25) is 0 Å². The first-order chi connectivity index (χ1) is 16.8. The molecular formula is C28H34N2O5. The molecule has 2 aliphatic rings. The third kappa shape index (κ3) is 5.04. The predicted octanol–water partition coefficient (Wildman–Crippen LogP) is 4.65. The van der Waals surface area contributed by atoms with Gasteiger partial charge in [0.05, 0.1) is 5.92 Å². The number of ether oxygens (including phenoxy) is 1. The van der Waals surface area contributed by atoms with Gasteiger partial charge >= 0.3 is 12.1 Å². The molecule has 4 rings (SSSR count). The SMILES string of the molecule is CCC1CCN(C(=O)C(C)C(C)NC(=O)OCC2c3ccccc3-c3ccccc32)C(C(=O)O)C1. The summed E-state index contributed by atoms with van der Waals surface area (Å²) in [4.78, 5) is 39.1. The number of hydrogen-bond donors (Lipinski definition) is 2. The van der Waals surface area contributed by atoms with Gasteiger partial charge < -0.3 is 20.1 Å². The lowest BCUT2D eigenvalue weighted by Crippen LogP contribution is -2.54. The van der Waals surface area contributed by atoms with Crippen LogP contribution in [0.15, 0.2) is 48.5 Å². The van der Waals surface area contributed by atoms with Gasteiger partial charge in [-0.3, -0.25) is 4.79 Å². The lowest BCUT2D eigenvalue weighted by Gasteiger charge is -2.39. The summed E-state index contributed by atoms with van der Waals surface area (Å²) < 4.78 is 5.60. The molecule has 1 aliphatic heterocycles. The number of likely N-dealkylation sites (tertiary alicyclic amines) is 1. The van der Waals surface area contributed by atoms with Gasteiger partial charge in [-0.1, -0.05) is 68.8 Å². The summed E-state index contributed by atoms with van der Waals surface area (Å²) in [5, 5.41) is 12.4. The Hall–Kier alpha value is -3.35. The van der Waals surface area contributed by atoms with Crippen LogP contribution in [-0.2, 0) is 14.3 Å². The van der Waals surface area contributed by atoms with Gasteiger partial charge in [0.2, 0.25) is 5.91 Å². The summed E-state index contributed by atoms with van der Waals surface area (Å²) >= 11 is 0. The van der Waals surface area contributed by atoms with E-state index in [1.165, 1.54) is 4.90 Å². The van der Waals surface area contributed by atoms with Gasteiger partial charge in [0.1, 0.15) is 12.6 Å². The zero-order valence-corrected chi connectivity index (χ0v) is 20.6. The molecule has 0 bridgehead atoms. The number of nitrogens with one attached hydrogen (secondary N) is 1. The maximum absolute atomic E-state index is 13.1. The molecule has 0 aromatic heterocycles. The van der Waals surface area contributed by atoms with Gasteiger partial charge in [-0.25, -0.2) is 9.59 Å². The van der Waals surface area contributed by atoms with Gasteiger partial charge in [-0.15, -0.1) is 0 Å². The lowest BCUT2D eigenvalue weighted by molar-refractivity contribution is -0.155. The number of carboxylic acid groups (broad SMARTS) is 1. The van der Waals surface area contributed by atoms with Crippen molar-refractivity contribution in [3.63, 3.8) is 0 Å². The van der Waals surface area contributed by atoms with Gasteiger partial charge in [0.15, 0.2) is 0 Å². The highest BCUT2D eigenvalue weighted by atomic mass is 16.5. The first kappa shape index (κ1) is 24.8. The van der Waals surface area contributed by atoms with Crippen LogP contribution in [0.25, 0.3) is 11.1 Å². The Morgan fingerprint density at radius 1 is 1.06 bits per heavy atom.